The van der Waals surface area contributed by atoms with Crippen LogP contribution in [-0.2, 0) is 9.53 Å². The van der Waals surface area contributed by atoms with E-state index in [9.17, 15) is 4.79 Å². The van der Waals surface area contributed by atoms with Crippen molar-refractivity contribution in [3.8, 4) is 11.6 Å². The van der Waals surface area contributed by atoms with Gasteiger partial charge in [0.25, 0.3) is 0 Å². The lowest BCUT2D eigenvalue weighted by atomic mass is 9.78. The van der Waals surface area contributed by atoms with Crippen LogP contribution in [0, 0.1) is 5.41 Å². The molecule has 2 aromatic rings. The molecule has 28 heavy (non-hydrogen) atoms. The smallest absolute Gasteiger partial charge is 0.233 e. The van der Waals surface area contributed by atoms with Gasteiger partial charge in [-0.3, -0.25) is 4.79 Å². The summed E-state index contributed by atoms with van der Waals surface area (Å²) in [7, 11) is 1.63. The minimum absolute atomic E-state index is 0. The van der Waals surface area contributed by atoms with Crippen molar-refractivity contribution in [1.82, 2.24) is 10.3 Å². The quantitative estimate of drug-likeness (QED) is 0.688. The largest absolute Gasteiger partial charge is 0.439 e. The van der Waals surface area contributed by atoms with Gasteiger partial charge >= 0.3 is 0 Å². The fourth-order valence-corrected chi connectivity index (χ4v) is 3.15. The second-order valence-electron chi connectivity index (χ2n) is 6.36. The van der Waals surface area contributed by atoms with Crippen LogP contribution in [0.15, 0.2) is 42.6 Å². The first kappa shape index (κ1) is 24.5. The highest BCUT2D eigenvalue weighted by molar-refractivity contribution is 6.30. The maximum atomic E-state index is 12.8. The van der Waals surface area contributed by atoms with E-state index in [1.54, 1.807) is 49.7 Å². The van der Waals surface area contributed by atoms with Crippen LogP contribution in [0.3, 0.4) is 0 Å². The zero-order chi connectivity index (χ0) is 18.4. The van der Waals surface area contributed by atoms with Crippen molar-refractivity contribution in [2.45, 2.75) is 12.8 Å². The highest BCUT2D eigenvalue weighted by Crippen LogP contribution is 2.31. The van der Waals surface area contributed by atoms with E-state index in [0.717, 1.165) is 25.9 Å². The van der Waals surface area contributed by atoms with Crippen molar-refractivity contribution < 1.29 is 14.3 Å². The minimum atomic E-state index is -0.502. The molecule has 1 aliphatic heterocycles. The van der Waals surface area contributed by atoms with Gasteiger partial charge in [0.2, 0.25) is 11.8 Å². The summed E-state index contributed by atoms with van der Waals surface area (Å²) in [5.74, 6) is 1.06. The highest BCUT2D eigenvalue weighted by Gasteiger charge is 2.39. The predicted octanol–water partition coefficient (Wildman–Crippen LogP) is 4.33. The predicted molar refractivity (Wildman–Crippen MR) is 115 cm³/mol. The molecule has 0 saturated carbocycles. The van der Waals surface area contributed by atoms with E-state index in [2.05, 4.69) is 15.6 Å². The fourth-order valence-electron chi connectivity index (χ4n) is 3.02. The number of nitrogens with zero attached hydrogens (tertiary/aromatic N) is 1. The van der Waals surface area contributed by atoms with Gasteiger partial charge in [0.15, 0.2) is 0 Å². The number of rotatable bonds is 6. The summed E-state index contributed by atoms with van der Waals surface area (Å²) < 4.78 is 11.0. The Balaban J connectivity index is 0.00000196. The lowest BCUT2D eigenvalue weighted by Crippen LogP contribution is -2.47. The van der Waals surface area contributed by atoms with E-state index < -0.39 is 5.41 Å². The van der Waals surface area contributed by atoms with Crippen molar-refractivity contribution in [2.75, 3.05) is 32.1 Å². The first-order chi connectivity index (χ1) is 12.6. The molecule has 1 aromatic carbocycles. The number of nitrogens with one attached hydrogen (secondary N) is 2. The number of piperidine rings is 1. The number of halogens is 3. The van der Waals surface area contributed by atoms with Gasteiger partial charge in [0.05, 0.1) is 23.9 Å². The van der Waals surface area contributed by atoms with Crippen molar-refractivity contribution in [3.63, 3.8) is 0 Å². The van der Waals surface area contributed by atoms with Crippen molar-refractivity contribution in [2.24, 2.45) is 5.41 Å². The second-order valence-corrected chi connectivity index (χ2v) is 6.79. The molecule has 9 heteroatoms. The van der Waals surface area contributed by atoms with E-state index in [-0.39, 0.29) is 30.7 Å². The molecular weight excluding hydrogens is 425 g/mol. The monoisotopic (exact) mass is 447 g/mol. The Morgan fingerprint density at radius 1 is 1.18 bits per heavy atom. The number of ether oxygens (including phenoxy) is 2. The Morgan fingerprint density at radius 3 is 2.43 bits per heavy atom. The average molecular weight is 449 g/mol. The molecule has 3 rings (SSSR count). The van der Waals surface area contributed by atoms with Crippen molar-refractivity contribution in [1.29, 1.82) is 0 Å². The number of hydrogen-bond acceptors (Lipinski definition) is 5. The molecule has 1 aromatic heterocycles. The molecule has 0 spiro atoms. The van der Waals surface area contributed by atoms with Crippen molar-refractivity contribution in [3.05, 3.63) is 47.6 Å². The number of anilines is 1. The van der Waals surface area contributed by atoms with Gasteiger partial charge in [-0.25, -0.2) is 4.98 Å². The number of pyridine rings is 1. The highest BCUT2D eigenvalue weighted by atomic mass is 35.5. The van der Waals surface area contributed by atoms with E-state index in [1.807, 2.05) is 0 Å². The van der Waals surface area contributed by atoms with E-state index in [4.69, 9.17) is 21.1 Å². The lowest BCUT2D eigenvalue weighted by Gasteiger charge is -2.35. The molecule has 6 nitrogen and oxygen atoms in total. The van der Waals surface area contributed by atoms with Gasteiger partial charge in [-0.05, 0) is 56.3 Å². The number of carbonyl (C=O) groups is 1. The maximum absolute atomic E-state index is 12.8. The first-order valence-corrected chi connectivity index (χ1v) is 8.90. The van der Waals surface area contributed by atoms with Gasteiger partial charge in [0, 0.05) is 18.2 Å². The average Bonchev–Trinajstić information content (AvgIpc) is 2.66. The van der Waals surface area contributed by atoms with E-state index in [0.29, 0.717) is 28.9 Å². The third-order valence-electron chi connectivity index (χ3n) is 4.49. The Morgan fingerprint density at radius 2 is 1.86 bits per heavy atom. The Kier molecular flexibility index (Phi) is 9.99. The Labute approximate surface area is 182 Å². The first-order valence-electron chi connectivity index (χ1n) is 8.52. The zero-order valence-corrected chi connectivity index (χ0v) is 17.8. The van der Waals surface area contributed by atoms with Crippen LogP contribution in [0.2, 0.25) is 5.02 Å². The standard InChI is InChI=1S/C19H22ClN3O3.2ClH/c1-25-13-19(8-10-21-11-9-19)18(24)23-15-4-7-17(22-12-15)26-16-5-2-14(20)3-6-16;;/h2-7,12,21H,8-11,13H2,1H3,(H,23,24);2*1H. The molecule has 2 N–H and O–H groups in total. The molecule has 1 amide bonds. The number of hydrogen-bond donors (Lipinski definition) is 2. The molecule has 154 valence electrons. The second kappa shape index (κ2) is 11.4. The summed E-state index contributed by atoms with van der Waals surface area (Å²) in [4.78, 5) is 17.0. The zero-order valence-electron chi connectivity index (χ0n) is 15.4. The number of aromatic nitrogens is 1. The molecule has 0 aliphatic carbocycles. The molecule has 0 bridgehead atoms. The summed E-state index contributed by atoms with van der Waals surface area (Å²) >= 11 is 5.86. The van der Waals surface area contributed by atoms with Crippen LogP contribution in [0.1, 0.15) is 12.8 Å². The molecule has 1 aliphatic rings. The summed E-state index contributed by atoms with van der Waals surface area (Å²) in [5.41, 5.74) is 0.130. The summed E-state index contributed by atoms with van der Waals surface area (Å²) in [6.07, 6.45) is 3.08. The molecule has 0 atom stereocenters. The lowest BCUT2D eigenvalue weighted by molar-refractivity contribution is -0.130. The van der Waals surface area contributed by atoms with Crippen LogP contribution < -0.4 is 15.4 Å². The number of benzene rings is 1. The summed E-state index contributed by atoms with van der Waals surface area (Å²) in [6.45, 7) is 2.03. The van der Waals surface area contributed by atoms with Crippen molar-refractivity contribution >= 4 is 48.0 Å². The molecule has 1 fully saturated rings. The molecule has 0 radical (unpaired) electrons. The summed E-state index contributed by atoms with van der Waals surface area (Å²) in [6, 6.07) is 10.5. The van der Waals surface area contributed by atoms with Gasteiger partial charge < -0.3 is 20.1 Å². The van der Waals surface area contributed by atoms with Crippen LogP contribution in [0.25, 0.3) is 0 Å². The molecule has 0 unspecified atom stereocenters. The van der Waals surface area contributed by atoms with Gasteiger partial charge in [-0.1, -0.05) is 11.6 Å². The Bertz CT molecular complexity index is 731. The van der Waals surface area contributed by atoms with Gasteiger partial charge in [-0.15, -0.1) is 24.8 Å². The maximum Gasteiger partial charge on any atom is 0.233 e. The third-order valence-corrected chi connectivity index (χ3v) is 4.75. The fraction of sp³-hybridized carbons (Fsp3) is 0.368. The topological polar surface area (TPSA) is 72.5 Å². The Hall–Kier alpha value is -1.57. The van der Waals surface area contributed by atoms with Crippen LogP contribution in [0.5, 0.6) is 11.6 Å². The van der Waals surface area contributed by atoms with Gasteiger partial charge in [-0.2, -0.15) is 0 Å². The van der Waals surface area contributed by atoms with Crippen LogP contribution in [0.4, 0.5) is 5.69 Å². The molecule has 2 heterocycles. The molecular formula is C19H24Cl3N3O3. The van der Waals surface area contributed by atoms with E-state index >= 15 is 0 Å². The normalized spacial score (nSPS) is 14.9. The SMILES string of the molecule is COCC1(C(=O)Nc2ccc(Oc3ccc(Cl)cc3)nc2)CCNCC1.Cl.Cl. The van der Waals surface area contributed by atoms with Crippen LogP contribution in [-0.4, -0.2) is 37.7 Å². The number of amides is 1. The number of methoxy groups -OCH3 is 1. The minimum Gasteiger partial charge on any atom is -0.439 e. The summed E-state index contributed by atoms with van der Waals surface area (Å²) in [5, 5.41) is 6.88. The van der Waals surface area contributed by atoms with E-state index in [1.165, 1.54) is 0 Å². The van der Waals surface area contributed by atoms with Crippen LogP contribution >= 0.6 is 36.4 Å². The van der Waals surface area contributed by atoms with Gasteiger partial charge in [0.1, 0.15) is 5.75 Å². The third kappa shape index (κ3) is 6.22. The molecule has 1 saturated heterocycles. The number of carbonyl (C=O) groups excluding carboxylic acids is 1.